The lowest BCUT2D eigenvalue weighted by atomic mass is 10.3. The van der Waals surface area contributed by atoms with Crippen LogP contribution < -0.4 is 4.74 Å². The van der Waals surface area contributed by atoms with Crippen molar-refractivity contribution in [3.63, 3.8) is 0 Å². The van der Waals surface area contributed by atoms with Crippen LogP contribution in [0.25, 0.3) is 0 Å². The van der Waals surface area contributed by atoms with Crippen molar-refractivity contribution in [3.05, 3.63) is 28.4 Å². The van der Waals surface area contributed by atoms with Crippen LogP contribution in [0, 0.1) is 10.1 Å². The van der Waals surface area contributed by atoms with E-state index in [1.54, 1.807) is 6.07 Å². The molecule has 82 valence electrons. The molecule has 0 atom stereocenters. The van der Waals surface area contributed by atoms with Crippen LogP contribution in [-0.4, -0.2) is 22.4 Å². The molecule has 0 radical (unpaired) electrons. The summed E-state index contributed by atoms with van der Waals surface area (Å²) in [6, 6.07) is 3.13. The zero-order valence-corrected chi connectivity index (χ0v) is 8.81. The summed E-state index contributed by atoms with van der Waals surface area (Å²) in [6.07, 6.45) is 2.97. The zero-order chi connectivity index (χ0) is 11.1. The summed E-state index contributed by atoms with van der Waals surface area (Å²) in [5.41, 5.74) is 0. The van der Waals surface area contributed by atoms with Crippen molar-refractivity contribution in [3.8, 4) is 5.75 Å². The molecule has 0 fully saturated rings. The predicted molar refractivity (Wildman–Crippen MR) is 56.3 cm³/mol. The van der Waals surface area contributed by atoms with Gasteiger partial charge in [0.05, 0.1) is 6.61 Å². The lowest BCUT2D eigenvalue weighted by Gasteiger charge is -2.04. The number of aromatic nitrogens is 1. The SMILES string of the molecule is O=[N+]([O-])c1ncccc1OCCCCCl. The Kier molecular flexibility index (Phi) is 4.83. The number of hydrogen-bond donors (Lipinski definition) is 0. The van der Waals surface area contributed by atoms with E-state index in [1.165, 1.54) is 12.3 Å². The van der Waals surface area contributed by atoms with Crippen LogP contribution in [0.1, 0.15) is 12.8 Å². The molecule has 0 aromatic carbocycles. The third-order valence-electron chi connectivity index (χ3n) is 1.71. The zero-order valence-electron chi connectivity index (χ0n) is 8.06. The Morgan fingerprint density at radius 3 is 3.00 bits per heavy atom. The maximum atomic E-state index is 10.6. The van der Waals surface area contributed by atoms with Gasteiger partial charge in [-0.1, -0.05) is 0 Å². The van der Waals surface area contributed by atoms with E-state index in [-0.39, 0.29) is 11.6 Å². The monoisotopic (exact) mass is 230 g/mol. The predicted octanol–water partition coefficient (Wildman–Crippen LogP) is 2.39. The molecule has 0 saturated carbocycles. The summed E-state index contributed by atoms with van der Waals surface area (Å²) >= 11 is 5.49. The Bertz CT molecular complexity index is 333. The molecule has 15 heavy (non-hydrogen) atoms. The molecule has 1 rings (SSSR count). The highest BCUT2D eigenvalue weighted by atomic mass is 35.5. The molecule has 0 bridgehead atoms. The number of hydrogen-bond acceptors (Lipinski definition) is 4. The molecular weight excluding hydrogens is 220 g/mol. The average molecular weight is 231 g/mol. The highest BCUT2D eigenvalue weighted by Gasteiger charge is 2.14. The van der Waals surface area contributed by atoms with E-state index in [1.807, 2.05) is 0 Å². The summed E-state index contributed by atoms with van der Waals surface area (Å²) in [6.45, 7) is 0.416. The van der Waals surface area contributed by atoms with Gasteiger partial charge in [-0.05, 0) is 34.9 Å². The van der Waals surface area contributed by atoms with Gasteiger partial charge in [-0.2, -0.15) is 0 Å². The minimum absolute atomic E-state index is 0.206. The first kappa shape index (κ1) is 11.7. The fourth-order valence-corrected chi connectivity index (χ4v) is 1.20. The highest BCUT2D eigenvalue weighted by molar-refractivity contribution is 6.17. The Morgan fingerprint density at radius 2 is 2.33 bits per heavy atom. The van der Waals surface area contributed by atoms with Gasteiger partial charge < -0.3 is 14.9 Å². The Balaban J connectivity index is 2.56. The minimum atomic E-state index is -0.559. The second-order valence-electron chi connectivity index (χ2n) is 2.83. The molecule has 1 aromatic heterocycles. The van der Waals surface area contributed by atoms with Gasteiger partial charge in [0.25, 0.3) is 0 Å². The second-order valence-corrected chi connectivity index (χ2v) is 3.20. The summed E-state index contributed by atoms with van der Waals surface area (Å²) in [7, 11) is 0. The van der Waals surface area contributed by atoms with Gasteiger partial charge in [0, 0.05) is 5.88 Å². The number of nitrogens with zero attached hydrogens (tertiary/aromatic N) is 2. The summed E-state index contributed by atoms with van der Waals surface area (Å²) in [4.78, 5) is 13.6. The van der Waals surface area contributed by atoms with Crippen molar-refractivity contribution in [2.75, 3.05) is 12.5 Å². The van der Waals surface area contributed by atoms with Gasteiger partial charge in [0.15, 0.2) is 0 Å². The van der Waals surface area contributed by atoms with Crippen LogP contribution in [0.3, 0.4) is 0 Å². The lowest BCUT2D eigenvalue weighted by molar-refractivity contribution is -0.390. The number of ether oxygens (including phenoxy) is 1. The van der Waals surface area contributed by atoms with E-state index in [0.29, 0.717) is 12.5 Å². The van der Waals surface area contributed by atoms with Crippen molar-refractivity contribution < 1.29 is 9.66 Å². The molecule has 0 aliphatic rings. The molecule has 5 nitrogen and oxygen atoms in total. The lowest BCUT2D eigenvalue weighted by Crippen LogP contribution is -2.02. The molecule has 0 amide bonds. The topological polar surface area (TPSA) is 65.3 Å². The van der Waals surface area contributed by atoms with Gasteiger partial charge in [-0.3, -0.25) is 0 Å². The van der Waals surface area contributed by atoms with E-state index in [9.17, 15) is 10.1 Å². The Hall–Kier alpha value is -1.36. The fraction of sp³-hybridized carbons (Fsp3) is 0.444. The minimum Gasteiger partial charge on any atom is -0.486 e. The van der Waals surface area contributed by atoms with Crippen molar-refractivity contribution in [2.45, 2.75) is 12.8 Å². The normalized spacial score (nSPS) is 9.93. The van der Waals surface area contributed by atoms with Crippen molar-refractivity contribution in [2.24, 2.45) is 0 Å². The van der Waals surface area contributed by atoms with Crippen LogP contribution in [0.4, 0.5) is 5.82 Å². The largest absolute Gasteiger partial charge is 0.486 e. The van der Waals surface area contributed by atoms with Crippen LogP contribution in [0.2, 0.25) is 0 Å². The smallest absolute Gasteiger partial charge is 0.406 e. The number of unbranched alkanes of at least 4 members (excludes halogenated alkanes) is 1. The number of halogens is 1. The molecule has 0 spiro atoms. The van der Waals surface area contributed by atoms with Crippen molar-refractivity contribution in [1.82, 2.24) is 4.98 Å². The van der Waals surface area contributed by atoms with E-state index < -0.39 is 4.92 Å². The molecule has 0 aliphatic carbocycles. The van der Waals surface area contributed by atoms with E-state index in [0.717, 1.165) is 12.8 Å². The van der Waals surface area contributed by atoms with Gasteiger partial charge in [0.2, 0.25) is 5.75 Å². The van der Waals surface area contributed by atoms with E-state index in [4.69, 9.17) is 16.3 Å². The first-order valence-corrected chi connectivity index (χ1v) is 5.07. The third kappa shape index (κ3) is 3.71. The Labute approximate surface area is 92.2 Å². The van der Waals surface area contributed by atoms with Crippen molar-refractivity contribution in [1.29, 1.82) is 0 Å². The molecule has 0 unspecified atom stereocenters. The summed E-state index contributed by atoms with van der Waals surface area (Å²) in [5, 5.41) is 10.6. The number of rotatable bonds is 6. The maximum absolute atomic E-state index is 10.6. The highest BCUT2D eigenvalue weighted by Crippen LogP contribution is 2.22. The molecule has 1 heterocycles. The van der Waals surface area contributed by atoms with Gasteiger partial charge in [-0.15, -0.1) is 11.6 Å². The van der Waals surface area contributed by atoms with Crippen molar-refractivity contribution >= 4 is 17.4 Å². The molecule has 0 N–H and O–H groups in total. The molecule has 0 saturated heterocycles. The van der Waals surface area contributed by atoms with Crippen LogP contribution in [-0.2, 0) is 0 Å². The van der Waals surface area contributed by atoms with Crippen LogP contribution >= 0.6 is 11.6 Å². The number of pyridine rings is 1. The number of alkyl halides is 1. The van der Waals surface area contributed by atoms with Gasteiger partial charge in [-0.25, -0.2) is 0 Å². The number of nitro groups is 1. The molecule has 1 aromatic rings. The molecule has 0 aliphatic heterocycles. The van der Waals surface area contributed by atoms with Crippen LogP contribution in [0.5, 0.6) is 5.75 Å². The standard InChI is InChI=1S/C9H11ClN2O3/c10-5-1-2-7-15-8-4-3-6-11-9(8)12(13)14/h3-4,6H,1-2,5,7H2. The van der Waals surface area contributed by atoms with Gasteiger partial charge >= 0.3 is 5.82 Å². The third-order valence-corrected chi connectivity index (χ3v) is 1.98. The average Bonchev–Trinajstić information content (AvgIpc) is 2.25. The van der Waals surface area contributed by atoms with Gasteiger partial charge in [0.1, 0.15) is 6.20 Å². The molecular formula is C9H11ClN2O3. The first-order chi connectivity index (χ1) is 7.25. The van der Waals surface area contributed by atoms with Crippen LogP contribution in [0.15, 0.2) is 18.3 Å². The van der Waals surface area contributed by atoms with E-state index >= 15 is 0 Å². The summed E-state index contributed by atoms with van der Waals surface area (Å²) in [5.74, 6) is 0.527. The Morgan fingerprint density at radius 1 is 1.53 bits per heavy atom. The quantitative estimate of drug-likeness (QED) is 0.326. The maximum Gasteiger partial charge on any atom is 0.406 e. The second kappa shape index (κ2) is 6.19. The summed E-state index contributed by atoms with van der Waals surface area (Å²) < 4.78 is 5.24. The van der Waals surface area contributed by atoms with E-state index in [2.05, 4.69) is 4.98 Å². The first-order valence-electron chi connectivity index (χ1n) is 4.54. The molecule has 6 heteroatoms. The fourth-order valence-electron chi connectivity index (χ4n) is 1.01.